The van der Waals surface area contributed by atoms with Gasteiger partial charge in [-0.3, -0.25) is 9.59 Å². The van der Waals surface area contributed by atoms with Crippen molar-refractivity contribution in [1.82, 2.24) is 4.90 Å². The molecule has 0 spiro atoms. The highest BCUT2D eigenvalue weighted by Crippen LogP contribution is 2.11. The molecule has 17 heavy (non-hydrogen) atoms. The molecule has 0 saturated heterocycles. The predicted octanol–water partition coefficient (Wildman–Crippen LogP) is 0.552. The van der Waals surface area contributed by atoms with E-state index in [-0.39, 0.29) is 17.9 Å². The fourth-order valence-corrected chi connectivity index (χ4v) is 1.26. The summed E-state index contributed by atoms with van der Waals surface area (Å²) >= 11 is 0. The number of phenolic OH excluding ortho intramolecular Hbond substituents is 1. The lowest BCUT2D eigenvalue weighted by Gasteiger charge is -2.17. The lowest BCUT2D eigenvalue weighted by molar-refractivity contribution is -0.137. The molecule has 0 radical (unpaired) electrons. The van der Waals surface area contributed by atoms with Gasteiger partial charge in [0.05, 0.1) is 6.54 Å². The van der Waals surface area contributed by atoms with Crippen LogP contribution in [0.15, 0.2) is 24.3 Å². The van der Waals surface area contributed by atoms with E-state index in [9.17, 15) is 9.59 Å². The molecule has 1 amide bonds. The number of carboxylic acids is 1. The van der Waals surface area contributed by atoms with Gasteiger partial charge in [-0.05, 0) is 24.3 Å². The maximum atomic E-state index is 11.9. The second-order valence-electron chi connectivity index (χ2n) is 3.31. The Balaban J connectivity index is 2.88. The molecule has 0 aliphatic heterocycles. The molecule has 5 heteroatoms. The van der Waals surface area contributed by atoms with E-state index in [0.717, 1.165) is 4.90 Å². The van der Waals surface area contributed by atoms with Gasteiger partial charge in [-0.15, -0.1) is 6.42 Å². The molecule has 0 aliphatic carbocycles. The van der Waals surface area contributed by atoms with Crippen LogP contribution in [0.2, 0.25) is 0 Å². The van der Waals surface area contributed by atoms with E-state index in [4.69, 9.17) is 16.6 Å². The zero-order valence-electron chi connectivity index (χ0n) is 8.96. The number of carbonyl (C=O) groups excluding carboxylic acids is 1. The number of benzene rings is 1. The number of carbonyl (C=O) groups is 2. The first kappa shape index (κ1) is 12.6. The molecule has 0 aliphatic rings. The Morgan fingerprint density at radius 1 is 1.29 bits per heavy atom. The first-order chi connectivity index (χ1) is 8.04. The van der Waals surface area contributed by atoms with E-state index in [2.05, 4.69) is 5.92 Å². The number of carboxylic acid groups (broad SMARTS) is 1. The molecule has 1 aromatic rings. The lowest BCUT2D eigenvalue weighted by Crippen LogP contribution is -2.35. The minimum Gasteiger partial charge on any atom is -0.508 e. The topological polar surface area (TPSA) is 77.8 Å². The van der Waals surface area contributed by atoms with Crippen molar-refractivity contribution < 1.29 is 19.8 Å². The Morgan fingerprint density at radius 3 is 2.35 bits per heavy atom. The number of hydrogen-bond donors (Lipinski definition) is 2. The molecule has 88 valence electrons. The molecule has 1 aromatic carbocycles. The van der Waals surface area contributed by atoms with Crippen molar-refractivity contribution in [2.45, 2.75) is 0 Å². The molecule has 0 saturated carbocycles. The third-order valence-corrected chi connectivity index (χ3v) is 2.01. The normalized spacial score (nSPS) is 9.35. The molecule has 0 atom stereocenters. The SMILES string of the molecule is C#CCN(CC(=O)O)C(=O)c1ccc(O)cc1. The van der Waals surface area contributed by atoms with Crippen molar-refractivity contribution in [2.24, 2.45) is 0 Å². The van der Waals surface area contributed by atoms with Crippen molar-refractivity contribution >= 4 is 11.9 Å². The van der Waals surface area contributed by atoms with E-state index in [1.54, 1.807) is 0 Å². The summed E-state index contributed by atoms with van der Waals surface area (Å²) in [4.78, 5) is 23.5. The second-order valence-corrected chi connectivity index (χ2v) is 3.31. The van der Waals surface area contributed by atoms with Crippen LogP contribution in [0.1, 0.15) is 10.4 Å². The van der Waals surface area contributed by atoms with Gasteiger partial charge in [0.15, 0.2) is 0 Å². The monoisotopic (exact) mass is 233 g/mol. The van der Waals surface area contributed by atoms with Crippen molar-refractivity contribution in [3.8, 4) is 18.1 Å². The Hall–Kier alpha value is -2.48. The minimum atomic E-state index is -1.13. The highest BCUT2D eigenvalue weighted by Gasteiger charge is 2.17. The van der Waals surface area contributed by atoms with Gasteiger partial charge in [0.1, 0.15) is 12.3 Å². The first-order valence-electron chi connectivity index (χ1n) is 4.78. The fourth-order valence-electron chi connectivity index (χ4n) is 1.26. The van der Waals surface area contributed by atoms with Crippen LogP contribution in [0, 0.1) is 12.3 Å². The molecule has 0 aromatic heterocycles. The van der Waals surface area contributed by atoms with Crippen LogP contribution < -0.4 is 0 Å². The summed E-state index contributed by atoms with van der Waals surface area (Å²) < 4.78 is 0. The third kappa shape index (κ3) is 3.54. The van der Waals surface area contributed by atoms with E-state index < -0.39 is 18.4 Å². The number of phenols is 1. The predicted molar refractivity (Wildman–Crippen MR) is 60.5 cm³/mol. The standard InChI is InChI=1S/C12H11NO4/c1-2-7-13(8-11(15)16)12(17)9-3-5-10(14)6-4-9/h1,3-6,14H,7-8H2,(H,15,16). The van der Waals surface area contributed by atoms with Crippen LogP contribution in [0.25, 0.3) is 0 Å². The van der Waals surface area contributed by atoms with Crippen LogP contribution in [-0.2, 0) is 4.79 Å². The van der Waals surface area contributed by atoms with Crippen LogP contribution in [0.5, 0.6) is 5.75 Å². The highest BCUT2D eigenvalue weighted by atomic mass is 16.4. The van der Waals surface area contributed by atoms with E-state index >= 15 is 0 Å². The summed E-state index contributed by atoms with van der Waals surface area (Å²) in [5.41, 5.74) is 0.277. The second kappa shape index (κ2) is 5.56. The molecule has 1 rings (SSSR count). The zero-order valence-corrected chi connectivity index (χ0v) is 8.96. The van der Waals surface area contributed by atoms with Gasteiger partial charge in [-0.25, -0.2) is 0 Å². The highest BCUT2D eigenvalue weighted by molar-refractivity contribution is 5.96. The van der Waals surface area contributed by atoms with Gasteiger partial charge in [-0.1, -0.05) is 5.92 Å². The maximum Gasteiger partial charge on any atom is 0.323 e. The van der Waals surface area contributed by atoms with Crippen LogP contribution in [0.3, 0.4) is 0 Å². The summed E-state index contributed by atoms with van der Waals surface area (Å²) in [5.74, 6) is 0.645. The number of rotatable bonds is 4. The van der Waals surface area contributed by atoms with Crippen LogP contribution >= 0.6 is 0 Å². The van der Waals surface area contributed by atoms with Gasteiger partial charge < -0.3 is 15.1 Å². The largest absolute Gasteiger partial charge is 0.508 e. The van der Waals surface area contributed by atoms with Gasteiger partial charge in [0.2, 0.25) is 0 Å². The summed E-state index contributed by atoms with van der Waals surface area (Å²) in [6.07, 6.45) is 5.07. The van der Waals surface area contributed by atoms with Crippen molar-refractivity contribution in [1.29, 1.82) is 0 Å². The molecular weight excluding hydrogens is 222 g/mol. The average molecular weight is 233 g/mol. The zero-order chi connectivity index (χ0) is 12.8. The maximum absolute atomic E-state index is 11.9. The summed E-state index contributed by atoms with van der Waals surface area (Å²) in [6, 6.07) is 5.51. The van der Waals surface area contributed by atoms with E-state index in [1.165, 1.54) is 24.3 Å². The number of aliphatic carboxylic acids is 1. The average Bonchev–Trinajstić information content (AvgIpc) is 2.28. The number of aromatic hydroxyl groups is 1. The molecule has 0 bridgehead atoms. The lowest BCUT2D eigenvalue weighted by atomic mass is 10.2. The molecular formula is C12H11NO4. The van der Waals surface area contributed by atoms with Gasteiger partial charge in [0.25, 0.3) is 5.91 Å². The molecule has 0 fully saturated rings. The Kier molecular flexibility index (Phi) is 4.12. The minimum absolute atomic E-state index is 0.0308. The quantitative estimate of drug-likeness (QED) is 0.744. The number of hydrogen-bond acceptors (Lipinski definition) is 3. The van der Waals surface area contributed by atoms with E-state index in [0.29, 0.717) is 0 Å². The summed E-state index contributed by atoms with van der Waals surface area (Å²) in [7, 11) is 0. The Labute approximate surface area is 98.3 Å². The van der Waals surface area contributed by atoms with Crippen molar-refractivity contribution in [3.63, 3.8) is 0 Å². The van der Waals surface area contributed by atoms with Gasteiger partial charge in [0, 0.05) is 5.56 Å². The molecule has 0 heterocycles. The number of terminal acetylenes is 1. The molecule has 2 N–H and O–H groups in total. The van der Waals surface area contributed by atoms with E-state index in [1.807, 2.05) is 0 Å². The number of amides is 1. The van der Waals surface area contributed by atoms with Crippen molar-refractivity contribution in [3.05, 3.63) is 29.8 Å². The summed E-state index contributed by atoms with van der Waals surface area (Å²) in [6.45, 7) is -0.532. The Bertz CT molecular complexity index is 458. The van der Waals surface area contributed by atoms with Crippen LogP contribution in [0.4, 0.5) is 0 Å². The van der Waals surface area contributed by atoms with Crippen molar-refractivity contribution in [2.75, 3.05) is 13.1 Å². The van der Waals surface area contributed by atoms with Gasteiger partial charge in [-0.2, -0.15) is 0 Å². The fraction of sp³-hybridized carbons (Fsp3) is 0.167. The number of nitrogens with zero attached hydrogens (tertiary/aromatic N) is 1. The molecule has 5 nitrogen and oxygen atoms in total. The third-order valence-electron chi connectivity index (χ3n) is 2.01. The van der Waals surface area contributed by atoms with Gasteiger partial charge >= 0.3 is 5.97 Å². The summed E-state index contributed by atoms with van der Waals surface area (Å²) in [5, 5.41) is 17.7. The molecule has 0 unspecified atom stereocenters. The smallest absolute Gasteiger partial charge is 0.323 e. The Morgan fingerprint density at radius 2 is 1.88 bits per heavy atom. The first-order valence-corrected chi connectivity index (χ1v) is 4.78. The van der Waals surface area contributed by atoms with Crippen LogP contribution in [-0.4, -0.2) is 40.1 Å².